The molecule has 2 amide bonds. The van der Waals surface area contributed by atoms with E-state index in [9.17, 15) is 14.7 Å². The van der Waals surface area contributed by atoms with Crippen molar-refractivity contribution >= 4 is 18.0 Å². The summed E-state index contributed by atoms with van der Waals surface area (Å²) in [5, 5.41) is 15.6. The molecule has 0 saturated carbocycles. The third-order valence-electron chi connectivity index (χ3n) is 2.64. The molecular formula is C15H14N4O3. The monoisotopic (exact) mass is 298 g/mol. The predicted octanol–water partition coefficient (Wildman–Crippen LogP) is 0.667. The second-order valence-corrected chi connectivity index (χ2v) is 4.25. The van der Waals surface area contributed by atoms with Crippen LogP contribution >= 0.6 is 0 Å². The maximum absolute atomic E-state index is 11.7. The molecule has 0 aliphatic carbocycles. The Balaban J connectivity index is 1.79. The first-order valence-electron chi connectivity index (χ1n) is 6.46. The SMILES string of the molecule is O=C(CNC(=O)c1ccccn1)N/N=C/c1ccccc1O. The highest BCUT2D eigenvalue weighted by Gasteiger charge is 2.07. The molecule has 7 heteroatoms. The number of carbonyl (C=O) groups excluding carboxylic acids is 2. The molecular weight excluding hydrogens is 284 g/mol. The Bertz CT molecular complexity index is 686. The minimum absolute atomic E-state index is 0.0592. The molecule has 0 unspecified atom stereocenters. The van der Waals surface area contributed by atoms with Gasteiger partial charge >= 0.3 is 0 Å². The number of amides is 2. The highest BCUT2D eigenvalue weighted by molar-refractivity contribution is 5.95. The van der Waals surface area contributed by atoms with Crippen molar-refractivity contribution < 1.29 is 14.7 Å². The molecule has 0 radical (unpaired) electrons. The zero-order valence-electron chi connectivity index (χ0n) is 11.6. The average molecular weight is 298 g/mol. The zero-order chi connectivity index (χ0) is 15.8. The van der Waals surface area contributed by atoms with Gasteiger partial charge in [-0.05, 0) is 24.3 Å². The van der Waals surface area contributed by atoms with Crippen LogP contribution in [0.2, 0.25) is 0 Å². The number of nitrogens with one attached hydrogen (secondary N) is 2. The first-order valence-corrected chi connectivity index (χ1v) is 6.46. The Labute approximate surface area is 126 Å². The van der Waals surface area contributed by atoms with Gasteiger partial charge in [0.25, 0.3) is 11.8 Å². The number of hydrazone groups is 1. The van der Waals surface area contributed by atoms with Crippen molar-refractivity contribution in [3.05, 3.63) is 59.9 Å². The molecule has 0 saturated heterocycles. The fourth-order valence-corrected chi connectivity index (χ4v) is 1.56. The van der Waals surface area contributed by atoms with Gasteiger partial charge in [-0.1, -0.05) is 18.2 Å². The van der Waals surface area contributed by atoms with Gasteiger partial charge in [0.05, 0.1) is 12.8 Å². The second-order valence-electron chi connectivity index (χ2n) is 4.25. The molecule has 0 fully saturated rings. The first kappa shape index (κ1) is 15.2. The Morgan fingerprint density at radius 1 is 1.18 bits per heavy atom. The van der Waals surface area contributed by atoms with Crippen LogP contribution in [0.1, 0.15) is 16.1 Å². The van der Waals surface area contributed by atoms with Crippen molar-refractivity contribution in [2.24, 2.45) is 5.10 Å². The first-order chi connectivity index (χ1) is 10.7. The number of phenolic OH excluding ortho intramolecular Hbond substituents is 1. The lowest BCUT2D eigenvalue weighted by Gasteiger charge is -2.03. The Kier molecular flexibility index (Phi) is 5.20. The van der Waals surface area contributed by atoms with E-state index in [0.29, 0.717) is 5.56 Å². The average Bonchev–Trinajstić information content (AvgIpc) is 2.55. The van der Waals surface area contributed by atoms with Crippen LogP contribution in [0.3, 0.4) is 0 Å². The minimum Gasteiger partial charge on any atom is -0.507 e. The van der Waals surface area contributed by atoms with Gasteiger partial charge in [0.1, 0.15) is 11.4 Å². The maximum Gasteiger partial charge on any atom is 0.270 e. The zero-order valence-corrected chi connectivity index (χ0v) is 11.6. The number of benzene rings is 1. The number of nitrogens with zero attached hydrogens (tertiary/aromatic N) is 2. The summed E-state index contributed by atoms with van der Waals surface area (Å²) in [5.74, 6) is -0.875. The second kappa shape index (κ2) is 7.53. The molecule has 2 rings (SSSR count). The van der Waals surface area contributed by atoms with Crippen molar-refractivity contribution in [3.63, 3.8) is 0 Å². The molecule has 7 nitrogen and oxygen atoms in total. The number of carbonyl (C=O) groups is 2. The van der Waals surface area contributed by atoms with E-state index in [1.54, 1.807) is 36.4 Å². The summed E-state index contributed by atoms with van der Waals surface area (Å²) < 4.78 is 0. The third kappa shape index (κ3) is 4.41. The Morgan fingerprint density at radius 3 is 2.68 bits per heavy atom. The molecule has 1 aromatic carbocycles. The largest absolute Gasteiger partial charge is 0.507 e. The van der Waals surface area contributed by atoms with Crippen molar-refractivity contribution in [1.82, 2.24) is 15.7 Å². The maximum atomic E-state index is 11.7. The predicted molar refractivity (Wildman–Crippen MR) is 80.4 cm³/mol. The van der Waals surface area contributed by atoms with Crippen LogP contribution in [0.4, 0.5) is 0 Å². The van der Waals surface area contributed by atoms with Crippen molar-refractivity contribution in [2.45, 2.75) is 0 Å². The fraction of sp³-hybridized carbons (Fsp3) is 0.0667. The smallest absolute Gasteiger partial charge is 0.270 e. The third-order valence-corrected chi connectivity index (χ3v) is 2.64. The highest BCUT2D eigenvalue weighted by Crippen LogP contribution is 2.12. The van der Waals surface area contributed by atoms with Crippen LogP contribution in [0.25, 0.3) is 0 Å². The molecule has 0 atom stereocenters. The highest BCUT2D eigenvalue weighted by atomic mass is 16.3. The lowest BCUT2D eigenvalue weighted by atomic mass is 10.2. The molecule has 112 valence electrons. The van der Waals surface area contributed by atoms with E-state index >= 15 is 0 Å². The molecule has 0 aliphatic rings. The van der Waals surface area contributed by atoms with Crippen LogP contribution < -0.4 is 10.7 Å². The molecule has 0 bridgehead atoms. The lowest BCUT2D eigenvalue weighted by Crippen LogP contribution is -2.35. The number of aromatic nitrogens is 1. The van der Waals surface area contributed by atoms with Gasteiger partial charge in [-0.2, -0.15) is 5.10 Å². The van der Waals surface area contributed by atoms with Crippen LogP contribution in [0.5, 0.6) is 5.75 Å². The van der Waals surface area contributed by atoms with Gasteiger partial charge in [-0.25, -0.2) is 5.43 Å². The van der Waals surface area contributed by atoms with E-state index in [0.717, 1.165) is 0 Å². The van der Waals surface area contributed by atoms with Crippen LogP contribution in [0, 0.1) is 0 Å². The summed E-state index contributed by atoms with van der Waals surface area (Å²) in [6, 6.07) is 11.5. The van der Waals surface area contributed by atoms with E-state index in [1.807, 2.05) is 0 Å². The molecule has 0 spiro atoms. The number of hydrogen-bond acceptors (Lipinski definition) is 5. The molecule has 2 aromatic rings. The summed E-state index contributed by atoms with van der Waals surface area (Å²) in [5.41, 5.74) is 2.95. The lowest BCUT2D eigenvalue weighted by molar-refractivity contribution is -0.120. The Morgan fingerprint density at radius 2 is 1.95 bits per heavy atom. The van der Waals surface area contributed by atoms with Gasteiger partial charge in [0.15, 0.2) is 0 Å². The summed E-state index contributed by atoms with van der Waals surface area (Å²) in [6.45, 7) is -0.229. The molecule has 3 N–H and O–H groups in total. The minimum atomic E-state index is -0.490. The summed E-state index contributed by atoms with van der Waals surface area (Å²) in [4.78, 5) is 27.1. The molecule has 1 aromatic heterocycles. The van der Waals surface area contributed by atoms with E-state index in [4.69, 9.17) is 0 Å². The summed E-state index contributed by atoms with van der Waals surface area (Å²) >= 11 is 0. The van der Waals surface area contributed by atoms with E-state index in [2.05, 4.69) is 20.8 Å². The number of hydrogen-bond donors (Lipinski definition) is 3. The van der Waals surface area contributed by atoms with Crippen LogP contribution in [-0.4, -0.2) is 34.7 Å². The van der Waals surface area contributed by atoms with Gasteiger partial charge in [0.2, 0.25) is 0 Å². The van der Waals surface area contributed by atoms with Crippen LogP contribution in [-0.2, 0) is 4.79 Å². The standard InChI is InChI=1S/C15H14N4O3/c20-13-7-2-1-5-11(13)9-18-19-14(21)10-17-15(22)12-6-3-4-8-16-12/h1-9,20H,10H2,(H,17,22)(H,19,21)/b18-9+. The van der Waals surface area contributed by atoms with Gasteiger partial charge in [0, 0.05) is 11.8 Å². The number of phenols is 1. The van der Waals surface area contributed by atoms with Crippen LogP contribution in [0.15, 0.2) is 53.8 Å². The molecule has 22 heavy (non-hydrogen) atoms. The topological polar surface area (TPSA) is 104 Å². The van der Waals surface area contributed by atoms with E-state index in [1.165, 1.54) is 18.5 Å². The molecule has 0 aliphatic heterocycles. The number of pyridine rings is 1. The number of rotatable bonds is 5. The number of aromatic hydroxyl groups is 1. The summed E-state index contributed by atoms with van der Waals surface area (Å²) in [6.07, 6.45) is 2.80. The number of para-hydroxylation sites is 1. The Hall–Kier alpha value is -3.22. The van der Waals surface area contributed by atoms with Crippen molar-refractivity contribution in [1.29, 1.82) is 0 Å². The van der Waals surface area contributed by atoms with E-state index in [-0.39, 0.29) is 18.0 Å². The van der Waals surface area contributed by atoms with Gasteiger partial charge < -0.3 is 10.4 Å². The van der Waals surface area contributed by atoms with Crippen molar-refractivity contribution in [3.8, 4) is 5.75 Å². The molecule has 1 heterocycles. The quantitative estimate of drug-likeness (QED) is 0.557. The normalized spacial score (nSPS) is 10.4. The fourth-order valence-electron chi connectivity index (χ4n) is 1.56. The van der Waals surface area contributed by atoms with Crippen molar-refractivity contribution in [2.75, 3.05) is 6.54 Å². The van der Waals surface area contributed by atoms with Gasteiger partial charge in [-0.3, -0.25) is 14.6 Å². The summed E-state index contributed by atoms with van der Waals surface area (Å²) in [7, 11) is 0. The van der Waals surface area contributed by atoms with Gasteiger partial charge in [-0.15, -0.1) is 0 Å². The van der Waals surface area contributed by atoms with E-state index < -0.39 is 11.8 Å².